The molecule has 5 rings (SSSR count). The predicted molar refractivity (Wildman–Crippen MR) is 125 cm³/mol. The van der Waals surface area contributed by atoms with E-state index >= 15 is 0 Å². The molecule has 0 unspecified atom stereocenters. The number of carbonyl (C=O) groups is 1. The van der Waals surface area contributed by atoms with Crippen LogP contribution in [0.2, 0.25) is 0 Å². The molecule has 1 aliphatic heterocycles. The topological polar surface area (TPSA) is 81.3 Å². The largest absolute Gasteiger partial charge is 0.417 e. The van der Waals surface area contributed by atoms with Crippen LogP contribution in [0.1, 0.15) is 52.9 Å². The zero-order chi connectivity index (χ0) is 24.7. The Morgan fingerprint density at radius 3 is 2.74 bits per heavy atom. The first-order valence-electron chi connectivity index (χ1n) is 11.8. The van der Waals surface area contributed by atoms with Crippen molar-refractivity contribution in [2.75, 3.05) is 12.3 Å². The summed E-state index contributed by atoms with van der Waals surface area (Å²) >= 11 is 0. The van der Waals surface area contributed by atoms with Crippen LogP contribution in [-0.4, -0.2) is 39.5 Å². The molecule has 1 saturated heterocycles. The highest BCUT2D eigenvalue weighted by Crippen LogP contribution is 2.38. The lowest BCUT2D eigenvalue weighted by atomic mass is 9.80. The number of aryl methyl sites for hydroxylation is 1. The van der Waals surface area contributed by atoms with E-state index in [9.17, 15) is 18.0 Å². The SMILES string of the molecule is Cc1cc2cc(C(=O)N(Cc3ccc(C(F)(F)F)cn3)[C@@H]3CCC[C@@H]4OCC[C@@H]43)ccc2nc1N. The van der Waals surface area contributed by atoms with Gasteiger partial charge in [0.2, 0.25) is 0 Å². The van der Waals surface area contributed by atoms with E-state index in [1.54, 1.807) is 23.1 Å². The highest BCUT2D eigenvalue weighted by Gasteiger charge is 2.42. The van der Waals surface area contributed by atoms with Crippen molar-refractivity contribution >= 4 is 22.6 Å². The maximum atomic E-state index is 13.9. The fraction of sp³-hybridized carbons (Fsp3) is 0.423. The molecule has 1 saturated carbocycles. The first kappa shape index (κ1) is 23.5. The average molecular weight is 485 g/mol. The van der Waals surface area contributed by atoms with Gasteiger partial charge >= 0.3 is 6.18 Å². The van der Waals surface area contributed by atoms with Gasteiger partial charge in [-0.15, -0.1) is 0 Å². The van der Waals surface area contributed by atoms with Crippen LogP contribution in [0.15, 0.2) is 42.6 Å². The molecular formula is C26H27F3N4O2. The maximum Gasteiger partial charge on any atom is 0.417 e. The number of hydrogen-bond donors (Lipinski definition) is 1. The molecule has 2 fully saturated rings. The summed E-state index contributed by atoms with van der Waals surface area (Å²) in [5.74, 6) is 0.466. The highest BCUT2D eigenvalue weighted by atomic mass is 19.4. The van der Waals surface area contributed by atoms with E-state index in [1.807, 2.05) is 13.0 Å². The lowest BCUT2D eigenvalue weighted by Crippen LogP contribution is -2.48. The van der Waals surface area contributed by atoms with E-state index in [1.165, 1.54) is 6.07 Å². The Hall–Kier alpha value is -3.20. The number of fused-ring (bicyclic) bond motifs is 2. The van der Waals surface area contributed by atoms with E-state index < -0.39 is 11.7 Å². The van der Waals surface area contributed by atoms with E-state index in [0.717, 1.165) is 48.9 Å². The second-order valence-corrected chi connectivity index (χ2v) is 9.43. The molecule has 1 aromatic carbocycles. The number of amides is 1. The number of pyridine rings is 2. The molecule has 184 valence electrons. The smallest absolute Gasteiger partial charge is 0.383 e. The minimum absolute atomic E-state index is 0.0742. The van der Waals surface area contributed by atoms with Gasteiger partial charge in [-0.2, -0.15) is 13.2 Å². The highest BCUT2D eigenvalue weighted by molar-refractivity contribution is 5.98. The number of nitrogen functional groups attached to an aromatic ring is 1. The maximum absolute atomic E-state index is 13.9. The van der Waals surface area contributed by atoms with Crippen LogP contribution in [0.25, 0.3) is 10.9 Å². The molecule has 3 heterocycles. The number of aromatic nitrogens is 2. The molecule has 0 spiro atoms. The number of alkyl halides is 3. The predicted octanol–water partition coefficient (Wildman–Crippen LogP) is 5.14. The molecule has 3 atom stereocenters. The summed E-state index contributed by atoms with van der Waals surface area (Å²) in [6.45, 7) is 2.65. The number of nitrogens with zero attached hydrogens (tertiary/aromatic N) is 3. The number of benzene rings is 1. The summed E-state index contributed by atoms with van der Waals surface area (Å²) in [6.07, 6.45) is 0.0482. The van der Waals surface area contributed by atoms with Gasteiger partial charge in [0.05, 0.1) is 29.4 Å². The van der Waals surface area contributed by atoms with Gasteiger partial charge in [-0.1, -0.05) is 0 Å². The van der Waals surface area contributed by atoms with E-state index in [4.69, 9.17) is 10.5 Å². The van der Waals surface area contributed by atoms with Gasteiger partial charge in [0, 0.05) is 35.7 Å². The zero-order valence-corrected chi connectivity index (χ0v) is 19.4. The van der Waals surface area contributed by atoms with Crippen LogP contribution in [0.3, 0.4) is 0 Å². The van der Waals surface area contributed by atoms with Gasteiger partial charge in [0.25, 0.3) is 5.91 Å². The Morgan fingerprint density at radius 1 is 1.17 bits per heavy atom. The fourth-order valence-electron chi connectivity index (χ4n) is 5.33. The molecule has 2 N–H and O–H groups in total. The summed E-state index contributed by atoms with van der Waals surface area (Å²) in [5, 5.41) is 0.806. The lowest BCUT2D eigenvalue weighted by Gasteiger charge is -2.40. The van der Waals surface area contributed by atoms with Crippen LogP contribution >= 0.6 is 0 Å². The van der Waals surface area contributed by atoms with E-state index in [-0.39, 0.29) is 30.5 Å². The van der Waals surface area contributed by atoms with Crippen molar-refractivity contribution in [3.05, 3.63) is 65.0 Å². The summed E-state index contributed by atoms with van der Waals surface area (Å²) in [4.78, 5) is 24.1. The molecule has 1 aliphatic carbocycles. The number of anilines is 1. The van der Waals surface area contributed by atoms with Crippen LogP contribution in [0, 0.1) is 12.8 Å². The molecule has 1 amide bonds. The Morgan fingerprint density at radius 2 is 2.00 bits per heavy atom. The molecule has 2 aliphatic rings. The van der Waals surface area contributed by atoms with Gasteiger partial charge in [0.1, 0.15) is 5.82 Å². The van der Waals surface area contributed by atoms with Gasteiger partial charge in [-0.25, -0.2) is 4.98 Å². The Labute approximate surface area is 201 Å². The van der Waals surface area contributed by atoms with E-state index in [0.29, 0.717) is 29.2 Å². The second-order valence-electron chi connectivity index (χ2n) is 9.43. The molecular weight excluding hydrogens is 457 g/mol. The number of rotatable bonds is 4. The van der Waals surface area contributed by atoms with Crippen LogP contribution in [0.5, 0.6) is 0 Å². The molecule has 0 radical (unpaired) electrons. The van der Waals surface area contributed by atoms with Crippen LogP contribution in [-0.2, 0) is 17.5 Å². The van der Waals surface area contributed by atoms with Crippen molar-refractivity contribution in [2.45, 2.75) is 57.5 Å². The Kier molecular flexibility index (Phi) is 6.13. The van der Waals surface area contributed by atoms with Crippen LogP contribution in [0.4, 0.5) is 19.0 Å². The molecule has 6 nitrogen and oxygen atoms in total. The van der Waals surface area contributed by atoms with Crippen molar-refractivity contribution in [1.29, 1.82) is 0 Å². The summed E-state index contributed by atoms with van der Waals surface area (Å²) in [6, 6.07) is 9.50. The molecule has 3 aromatic rings. The zero-order valence-electron chi connectivity index (χ0n) is 19.4. The van der Waals surface area contributed by atoms with Gasteiger partial charge < -0.3 is 15.4 Å². The third-order valence-electron chi connectivity index (χ3n) is 7.18. The molecule has 35 heavy (non-hydrogen) atoms. The quantitative estimate of drug-likeness (QED) is 0.555. The first-order valence-corrected chi connectivity index (χ1v) is 11.8. The second kappa shape index (κ2) is 9.11. The number of nitrogens with two attached hydrogens (primary N) is 1. The van der Waals surface area contributed by atoms with Gasteiger partial charge in [-0.3, -0.25) is 9.78 Å². The standard InChI is InChI=1S/C26H27F3N4O2/c1-15-11-17-12-16(5-8-21(17)32-24(15)30)25(34)33(22-3-2-4-23-20(22)9-10-35-23)14-19-7-6-18(13-31-19)26(27,28)29/h5-8,11-13,20,22-23H,2-4,9-10,14H2,1H3,(H2,30,32)/t20-,22-,23+/m1/s1. The van der Waals surface area contributed by atoms with Crippen molar-refractivity contribution in [1.82, 2.24) is 14.9 Å². The number of halogens is 3. The number of ether oxygens (including phenoxy) is 1. The van der Waals surface area contributed by atoms with Gasteiger partial charge in [0.15, 0.2) is 0 Å². The molecule has 0 bridgehead atoms. The first-order chi connectivity index (χ1) is 16.7. The van der Waals surface area contributed by atoms with Gasteiger partial charge in [-0.05, 0) is 74.6 Å². The lowest BCUT2D eigenvalue weighted by molar-refractivity contribution is -0.137. The Bertz CT molecular complexity index is 1250. The normalized spacial score (nSPS) is 22.2. The minimum atomic E-state index is -4.46. The third-order valence-corrected chi connectivity index (χ3v) is 7.18. The van der Waals surface area contributed by atoms with Crippen molar-refractivity contribution in [3.63, 3.8) is 0 Å². The molecule has 2 aromatic heterocycles. The fourth-order valence-corrected chi connectivity index (χ4v) is 5.33. The van der Waals surface area contributed by atoms with Crippen LogP contribution < -0.4 is 5.73 Å². The van der Waals surface area contributed by atoms with Crippen molar-refractivity contribution < 1.29 is 22.7 Å². The Balaban J connectivity index is 1.49. The summed E-state index contributed by atoms with van der Waals surface area (Å²) in [7, 11) is 0. The van der Waals surface area contributed by atoms with E-state index in [2.05, 4.69) is 9.97 Å². The number of carbonyl (C=O) groups excluding carboxylic acids is 1. The number of hydrogen-bond acceptors (Lipinski definition) is 5. The third kappa shape index (κ3) is 4.69. The van der Waals surface area contributed by atoms with Crippen molar-refractivity contribution in [3.8, 4) is 0 Å². The summed E-state index contributed by atoms with van der Waals surface area (Å²) in [5.41, 5.74) is 7.55. The average Bonchev–Trinajstić information content (AvgIpc) is 3.32. The summed E-state index contributed by atoms with van der Waals surface area (Å²) < 4.78 is 45.0. The van der Waals surface area contributed by atoms with Crippen molar-refractivity contribution in [2.24, 2.45) is 5.92 Å². The monoisotopic (exact) mass is 484 g/mol. The minimum Gasteiger partial charge on any atom is -0.383 e. The molecule has 9 heteroatoms.